The van der Waals surface area contributed by atoms with Crippen molar-refractivity contribution < 1.29 is 0 Å². The van der Waals surface area contributed by atoms with Gasteiger partial charge < -0.3 is 4.90 Å². The van der Waals surface area contributed by atoms with Crippen LogP contribution in [0.15, 0.2) is 12.3 Å². The van der Waals surface area contributed by atoms with Crippen molar-refractivity contribution >= 4 is 0 Å². The van der Waals surface area contributed by atoms with Gasteiger partial charge in [-0.05, 0) is 20.0 Å². The zero-order valence-electron chi connectivity index (χ0n) is 6.31. The molecule has 0 fully saturated rings. The summed E-state index contributed by atoms with van der Waals surface area (Å²) < 4.78 is 0. The summed E-state index contributed by atoms with van der Waals surface area (Å²) >= 11 is 0. The van der Waals surface area contributed by atoms with E-state index in [1.807, 2.05) is 38.1 Å². The lowest BCUT2D eigenvalue weighted by Crippen LogP contribution is -2.09. The van der Waals surface area contributed by atoms with Crippen molar-refractivity contribution in [3.05, 3.63) is 12.3 Å². The largest absolute Gasteiger partial charge is 0.370 e. The second kappa shape index (κ2) is 5.24. The van der Waals surface area contributed by atoms with Gasteiger partial charge in [-0.15, -0.1) is 5.92 Å². The maximum Gasteiger partial charge on any atom is 0.0785 e. The molecule has 0 N–H and O–H groups in total. The van der Waals surface area contributed by atoms with Crippen LogP contribution in [0.1, 0.15) is 13.8 Å². The Bertz CT molecular complexity index is 136. The summed E-state index contributed by atoms with van der Waals surface area (Å²) in [5.74, 6) is 5.79. The van der Waals surface area contributed by atoms with E-state index >= 15 is 0 Å². The fraction of sp³-hybridized carbons (Fsp3) is 0.500. The van der Waals surface area contributed by atoms with Gasteiger partial charge in [0.05, 0.1) is 6.54 Å². The highest BCUT2D eigenvalue weighted by molar-refractivity contribution is 4.99. The van der Waals surface area contributed by atoms with E-state index in [9.17, 15) is 0 Å². The highest BCUT2D eigenvalue weighted by Crippen LogP contribution is 1.80. The summed E-state index contributed by atoms with van der Waals surface area (Å²) in [5, 5.41) is 0. The predicted molar refractivity (Wildman–Crippen MR) is 40.9 cm³/mol. The summed E-state index contributed by atoms with van der Waals surface area (Å²) in [6, 6.07) is 0. The predicted octanol–water partition coefficient (Wildman–Crippen LogP) is 1.48. The molecule has 1 nitrogen and oxygen atoms in total. The molecular formula is C8H13N. The van der Waals surface area contributed by atoms with E-state index in [4.69, 9.17) is 0 Å². The number of rotatable bonds is 2. The van der Waals surface area contributed by atoms with Crippen LogP contribution >= 0.6 is 0 Å². The van der Waals surface area contributed by atoms with Crippen LogP contribution in [-0.2, 0) is 0 Å². The van der Waals surface area contributed by atoms with Crippen molar-refractivity contribution in [3.8, 4) is 11.8 Å². The molecule has 0 amide bonds. The average Bonchev–Trinajstić information content (AvgIpc) is 1.85. The normalized spacial score (nSPS) is 8.78. The van der Waals surface area contributed by atoms with Crippen molar-refractivity contribution in [3.63, 3.8) is 0 Å². The monoisotopic (exact) mass is 123 g/mol. The van der Waals surface area contributed by atoms with Crippen LogP contribution < -0.4 is 0 Å². The second-order valence-corrected chi connectivity index (χ2v) is 1.82. The molecule has 0 radical (unpaired) electrons. The SMILES string of the molecule is CC#CCN(C)/C=C/C. The van der Waals surface area contributed by atoms with Gasteiger partial charge in [0.1, 0.15) is 0 Å². The summed E-state index contributed by atoms with van der Waals surface area (Å²) in [4.78, 5) is 2.04. The third-order valence-electron chi connectivity index (χ3n) is 0.909. The second-order valence-electron chi connectivity index (χ2n) is 1.82. The Labute approximate surface area is 57.4 Å². The molecule has 50 valence electrons. The van der Waals surface area contributed by atoms with Crippen molar-refractivity contribution in [1.82, 2.24) is 4.90 Å². The molecule has 1 heteroatoms. The summed E-state index contributed by atoms with van der Waals surface area (Å²) in [6.07, 6.45) is 4.00. The van der Waals surface area contributed by atoms with Crippen LogP contribution in [0.3, 0.4) is 0 Å². The zero-order chi connectivity index (χ0) is 7.11. The lowest BCUT2D eigenvalue weighted by molar-refractivity contribution is 0.517. The Hall–Kier alpha value is -0.900. The molecule has 0 aliphatic carbocycles. The average molecular weight is 123 g/mol. The van der Waals surface area contributed by atoms with Gasteiger partial charge in [-0.2, -0.15) is 0 Å². The fourth-order valence-corrected chi connectivity index (χ4v) is 0.511. The minimum Gasteiger partial charge on any atom is -0.370 e. The van der Waals surface area contributed by atoms with Crippen molar-refractivity contribution in [1.29, 1.82) is 0 Å². The highest BCUT2D eigenvalue weighted by atomic mass is 15.1. The molecule has 0 rings (SSSR count). The Morgan fingerprint density at radius 3 is 2.67 bits per heavy atom. The highest BCUT2D eigenvalue weighted by Gasteiger charge is 1.80. The molecule has 0 saturated carbocycles. The van der Waals surface area contributed by atoms with Gasteiger partial charge in [0.15, 0.2) is 0 Å². The molecule has 0 aliphatic heterocycles. The van der Waals surface area contributed by atoms with Crippen molar-refractivity contribution in [2.45, 2.75) is 13.8 Å². The van der Waals surface area contributed by atoms with Crippen LogP contribution in [0.2, 0.25) is 0 Å². The molecule has 0 saturated heterocycles. The first kappa shape index (κ1) is 8.10. The number of hydrogen-bond acceptors (Lipinski definition) is 1. The van der Waals surface area contributed by atoms with Gasteiger partial charge in [-0.25, -0.2) is 0 Å². The lowest BCUT2D eigenvalue weighted by Gasteiger charge is -2.06. The fourth-order valence-electron chi connectivity index (χ4n) is 0.511. The third kappa shape index (κ3) is 4.96. The van der Waals surface area contributed by atoms with E-state index < -0.39 is 0 Å². The van der Waals surface area contributed by atoms with E-state index in [1.54, 1.807) is 0 Å². The standard InChI is InChI=1S/C8H13N/c1-4-6-8-9(3)7-5-2/h5,7H,8H2,1-3H3/b7-5+. The first-order chi connectivity index (χ1) is 4.31. The van der Waals surface area contributed by atoms with Gasteiger partial charge in [0.2, 0.25) is 0 Å². The van der Waals surface area contributed by atoms with Crippen LogP contribution in [0.25, 0.3) is 0 Å². The zero-order valence-corrected chi connectivity index (χ0v) is 6.31. The Morgan fingerprint density at radius 2 is 2.22 bits per heavy atom. The molecule has 0 aromatic rings. The number of allylic oxidation sites excluding steroid dienone is 1. The van der Waals surface area contributed by atoms with E-state index in [1.165, 1.54) is 0 Å². The third-order valence-corrected chi connectivity index (χ3v) is 0.909. The first-order valence-electron chi connectivity index (χ1n) is 3.04. The lowest BCUT2D eigenvalue weighted by atomic mass is 10.5. The van der Waals surface area contributed by atoms with Gasteiger partial charge in [0.25, 0.3) is 0 Å². The molecule has 0 unspecified atom stereocenters. The Kier molecular flexibility index (Phi) is 4.72. The van der Waals surface area contributed by atoms with E-state index in [2.05, 4.69) is 11.8 Å². The van der Waals surface area contributed by atoms with Crippen molar-refractivity contribution in [2.75, 3.05) is 13.6 Å². The molecule has 0 atom stereocenters. The molecule has 0 aromatic heterocycles. The molecule has 0 bridgehead atoms. The van der Waals surface area contributed by atoms with Crippen LogP contribution in [0.4, 0.5) is 0 Å². The van der Waals surface area contributed by atoms with Gasteiger partial charge in [-0.1, -0.05) is 12.0 Å². The van der Waals surface area contributed by atoms with Gasteiger partial charge >= 0.3 is 0 Å². The molecule has 0 heterocycles. The van der Waals surface area contributed by atoms with Crippen molar-refractivity contribution in [2.24, 2.45) is 0 Å². The Balaban J connectivity index is 3.46. The molecule has 0 aliphatic rings. The minimum absolute atomic E-state index is 0.820. The summed E-state index contributed by atoms with van der Waals surface area (Å²) in [6.45, 7) is 4.67. The minimum atomic E-state index is 0.820. The van der Waals surface area contributed by atoms with Gasteiger partial charge in [0, 0.05) is 7.05 Å². The van der Waals surface area contributed by atoms with E-state index in [0.29, 0.717) is 0 Å². The quantitative estimate of drug-likeness (QED) is 0.503. The maximum absolute atomic E-state index is 2.96. The molecule has 9 heavy (non-hydrogen) atoms. The van der Waals surface area contributed by atoms with Crippen LogP contribution in [0.5, 0.6) is 0 Å². The summed E-state index contributed by atoms with van der Waals surface area (Å²) in [5.41, 5.74) is 0. The number of hydrogen-bond donors (Lipinski definition) is 0. The summed E-state index contributed by atoms with van der Waals surface area (Å²) in [7, 11) is 2.00. The van der Waals surface area contributed by atoms with E-state index in [-0.39, 0.29) is 0 Å². The van der Waals surface area contributed by atoms with Gasteiger partial charge in [-0.3, -0.25) is 0 Å². The first-order valence-corrected chi connectivity index (χ1v) is 3.04. The van der Waals surface area contributed by atoms with Crippen LogP contribution in [-0.4, -0.2) is 18.5 Å². The van der Waals surface area contributed by atoms with Crippen LogP contribution in [0, 0.1) is 11.8 Å². The molecule has 0 aromatic carbocycles. The smallest absolute Gasteiger partial charge is 0.0785 e. The maximum atomic E-state index is 2.96. The molecular weight excluding hydrogens is 110 g/mol. The van der Waals surface area contributed by atoms with E-state index in [0.717, 1.165) is 6.54 Å². The Morgan fingerprint density at radius 1 is 1.56 bits per heavy atom. The number of nitrogens with zero attached hydrogens (tertiary/aromatic N) is 1. The molecule has 0 spiro atoms. The topological polar surface area (TPSA) is 3.24 Å².